The van der Waals surface area contributed by atoms with Gasteiger partial charge in [-0.15, -0.1) is 0 Å². The number of rotatable bonds is 4. The highest BCUT2D eigenvalue weighted by molar-refractivity contribution is 5.77. The molecular weight excluding hydrogens is 337 g/mol. The van der Waals surface area contributed by atoms with E-state index in [0.29, 0.717) is 55.0 Å². The molecule has 1 atom stereocenters. The molecule has 3 aromatic rings. The molecule has 0 bridgehead atoms. The van der Waals surface area contributed by atoms with Crippen LogP contribution in [0.15, 0.2) is 24.3 Å². The number of hydrogen-bond acceptors (Lipinski definition) is 4. The van der Waals surface area contributed by atoms with Gasteiger partial charge in [0, 0.05) is 19.4 Å². The number of aromatic nitrogens is 4. The molecule has 4 rings (SSSR count). The van der Waals surface area contributed by atoms with Crippen molar-refractivity contribution in [1.29, 1.82) is 0 Å². The van der Waals surface area contributed by atoms with Gasteiger partial charge in [-0.05, 0) is 31.2 Å². The van der Waals surface area contributed by atoms with Crippen molar-refractivity contribution < 1.29 is 14.3 Å². The summed E-state index contributed by atoms with van der Waals surface area (Å²) in [5, 5.41) is 14.0. The lowest BCUT2D eigenvalue weighted by atomic mass is 10.2. The summed E-state index contributed by atoms with van der Waals surface area (Å²) in [7, 11) is 0. The van der Waals surface area contributed by atoms with E-state index in [4.69, 9.17) is 0 Å². The quantitative estimate of drug-likeness (QED) is 0.747. The highest BCUT2D eigenvalue weighted by Crippen LogP contribution is 2.19. The van der Waals surface area contributed by atoms with E-state index in [-0.39, 0.29) is 11.7 Å². The minimum Gasteiger partial charge on any atom is -0.387 e. The third kappa shape index (κ3) is 3.20. The van der Waals surface area contributed by atoms with Gasteiger partial charge in [-0.2, -0.15) is 5.10 Å². The van der Waals surface area contributed by atoms with E-state index in [2.05, 4.69) is 15.1 Å². The molecular formula is C18H20FN5O2. The number of carbonyl (C=O) groups excluding carboxylic acids is 1. The zero-order chi connectivity index (χ0) is 18.3. The summed E-state index contributed by atoms with van der Waals surface area (Å²) in [5.74, 6) is 0.408. The van der Waals surface area contributed by atoms with E-state index in [9.17, 15) is 14.3 Å². The Bertz CT molecular complexity index is 962. The Hall–Kier alpha value is -2.74. The van der Waals surface area contributed by atoms with Gasteiger partial charge < -0.3 is 15.0 Å². The van der Waals surface area contributed by atoms with Crippen LogP contribution in [0.25, 0.3) is 11.0 Å². The van der Waals surface area contributed by atoms with Gasteiger partial charge in [-0.25, -0.2) is 9.37 Å². The summed E-state index contributed by atoms with van der Waals surface area (Å²) in [6, 6.07) is 6.24. The van der Waals surface area contributed by atoms with Gasteiger partial charge in [0.25, 0.3) is 0 Å². The largest absolute Gasteiger partial charge is 0.387 e. The summed E-state index contributed by atoms with van der Waals surface area (Å²) in [6.45, 7) is 3.39. The molecule has 0 spiro atoms. The maximum Gasteiger partial charge on any atom is 0.223 e. The number of aliphatic hydroxyl groups excluding tert-OH is 1. The fourth-order valence-corrected chi connectivity index (χ4v) is 3.24. The Labute approximate surface area is 149 Å². The summed E-state index contributed by atoms with van der Waals surface area (Å²) in [5.41, 5.74) is 2.89. The van der Waals surface area contributed by atoms with Crippen LogP contribution >= 0.6 is 0 Å². The molecule has 0 fully saturated rings. The molecule has 136 valence electrons. The number of aryl methyl sites for hydroxylation is 1. The topological polar surface area (TPSA) is 87.0 Å². The first-order valence-electron chi connectivity index (χ1n) is 8.66. The lowest BCUT2D eigenvalue weighted by molar-refractivity contribution is -0.132. The second-order valence-corrected chi connectivity index (χ2v) is 6.62. The van der Waals surface area contributed by atoms with E-state index in [1.54, 1.807) is 17.9 Å². The van der Waals surface area contributed by atoms with Crippen molar-refractivity contribution in [1.82, 2.24) is 24.6 Å². The van der Waals surface area contributed by atoms with Gasteiger partial charge in [0.15, 0.2) is 0 Å². The SMILES string of the molecule is C[C@H](O)c1cc2n(n1)CCN(C(=O)CCc1nc3ccc(F)cc3[nH]1)C2. The van der Waals surface area contributed by atoms with Crippen LogP contribution in [0.2, 0.25) is 0 Å². The van der Waals surface area contributed by atoms with Crippen LogP contribution in [-0.2, 0) is 24.3 Å². The van der Waals surface area contributed by atoms with Crippen molar-refractivity contribution in [3.63, 3.8) is 0 Å². The first kappa shape index (κ1) is 16.7. The summed E-state index contributed by atoms with van der Waals surface area (Å²) < 4.78 is 15.1. The molecule has 2 aromatic heterocycles. The Morgan fingerprint density at radius 1 is 1.38 bits per heavy atom. The Morgan fingerprint density at radius 3 is 3.04 bits per heavy atom. The third-order valence-corrected chi connectivity index (χ3v) is 4.67. The first-order chi connectivity index (χ1) is 12.5. The van der Waals surface area contributed by atoms with Gasteiger partial charge in [0.05, 0.1) is 41.6 Å². The highest BCUT2D eigenvalue weighted by Gasteiger charge is 2.23. The predicted molar refractivity (Wildman–Crippen MR) is 92.7 cm³/mol. The zero-order valence-electron chi connectivity index (χ0n) is 14.4. The van der Waals surface area contributed by atoms with Crippen LogP contribution in [0.5, 0.6) is 0 Å². The number of halogens is 1. The number of benzene rings is 1. The molecule has 26 heavy (non-hydrogen) atoms. The smallest absolute Gasteiger partial charge is 0.223 e. The lowest BCUT2D eigenvalue weighted by Crippen LogP contribution is -2.38. The second kappa shape index (κ2) is 6.53. The van der Waals surface area contributed by atoms with Crippen molar-refractivity contribution in [3.05, 3.63) is 47.3 Å². The number of amides is 1. The van der Waals surface area contributed by atoms with E-state index >= 15 is 0 Å². The first-order valence-corrected chi connectivity index (χ1v) is 8.66. The minimum atomic E-state index is -0.616. The number of H-pyrrole nitrogens is 1. The number of nitrogens with one attached hydrogen (secondary N) is 1. The number of aliphatic hydroxyl groups is 1. The van der Waals surface area contributed by atoms with Crippen LogP contribution in [-0.4, -0.2) is 42.2 Å². The van der Waals surface area contributed by atoms with E-state index < -0.39 is 6.10 Å². The molecule has 7 nitrogen and oxygen atoms in total. The molecule has 1 aliphatic heterocycles. The molecule has 0 aliphatic carbocycles. The van der Waals surface area contributed by atoms with Crippen molar-refractivity contribution in [2.24, 2.45) is 0 Å². The van der Waals surface area contributed by atoms with Gasteiger partial charge in [0.1, 0.15) is 11.6 Å². The van der Waals surface area contributed by atoms with Crippen molar-refractivity contribution in [3.8, 4) is 0 Å². The van der Waals surface area contributed by atoms with Crippen LogP contribution < -0.4 is 0 Å². The van der Waals surface area contributed by atoms with Crippen molar-refractivity contribution >= 4 is 16.9 Å². The monoisotopic (exact) mass is 357 g/mol. The molecule has 0 unspecified atom stereocenters. The Kier molecular flexibility index (Phi) is 4.20. The molecule has 0 saturated carbocycles. The lowest BCUT2D eigenvalue weighted by Gasteiger charge is -2.27. The van der Waals surface area contributed by atoms with Crippen molar-refractivity contribution in [2.75, 3.05) is 6.54 Å². The number of nitrogens with zero attached hydrogens (tertiary/aromatic N) is 4. The fraction of sp³-hybridized carbons (Fsp3) is 0.389. The third-order valence-electron chi connectivity index (χ3n) is 4.67. The minimum absolute atomic E-state index is 0.0442. The Balaban J connectivity index is 1.40. The van der Waals surface area contributed by atoms with E-state index in [1.165, 1.54) is 12.1 Å². The van der Waals surface area contributed by atoms with Crippen LogP contribution in [0.3, 0.4) is 0 Å². The summed E-state index contributed by atoms with van der Waals surface area (Å²) >= 11 is 0. The second-order valence-electron chi connectivity index (χ2n) is 6.62. The average Bonchev–Trinajstić information content (AvgIpc) is 3.22. The van der Waals surface area contributed by atoms with Gasteiger partial charge in [-0.3, -0.25) is 9.48 Å². The molecule has 0 radical (unpaired) electrons. The summed E-state index contributed by atoms with van der Waals surface area (Å²) in [4.78, 5) is 21.8. The standard InChI is InChI=1S/C18H20FN5O2/c1-11(25)15-9-13-10-23(6-7-24(13)22-15)18(26)5-4-17-20-14-3-2-12(19)8-16(14)21-17/h2-3,8-9,11,25H,4-7,10H2,1H3,(H,20,21)/t11-/m0/s1. The number of carbonyl (C=O) groups is 1. The predicted octanol–water partition coefficient (Wildman–Crippen LogP) is 1.93. The maximum atomic E-state index is 13.2. The van der Waals surface area contributed by atoms with Crippen LogP contribution in [0.4, 0.5) is 4.39 Å². The molecule has 3 heterocycles. The van der Waals surface area contributed by atoms with Gasteiger partial charge >= 0.3 is 0 Å². The van der Waals surface area contributed by atoms with Crippen LogP contribution in [0.1, 0.15) is 36.7 Å². The molecule has 1 aliphatic rings. The zero-order valence-corrected chi connectivity index (χ0v) is 14.4. The van der Waals surface area contributed by atoms with Gasteiger partial charge in [-0.1, -0.05) is 0 Å². The molecule has 1 amide bonds. The highest BCUT2D eigenvalue weighted by atomic mass is 19.1. The van der Waals surface area contributed by atoms with E-state index in [1.807, 2.05) is 10.7 Å². The van der Waals surface area contributed by atoms with Crippen LogP contribution in [0, 0.1) is 5.82 Å². The van der Waals surface area contributed by atoms with E-state index in [0.717, 1.165) is 5.69 Å². The molecule has 1 aromatic carbocycles. The normalized spacial score (nSPS) is 15.3. The summed E-state index contributed by atoms with van der Waals surface area (Å²) in [6.07, 6.45) is 0.193. The maximum absolute atomic E-state index is 13.2. The number of fused-ring (bicyclic) bond motifs is 2. The van der Waals surface area contributed by atoms with Gasteiger partial charge in [0.2, 0.25) is 5.91 Å². The number of imidazole rings is 1. The average molecular weight is 357 g/mol. The molecule has 8 heteroatoms. The Morgan fingerprint density at radius 2 is 2.23 bits per heavy atom. The molecule has 0 saturated heterocycles. The number of hydrogen-bond donors (Lipinski definition) is 2. The number of aromatic amines is 1. The fourth-order valence-electron chi connectivity index (χ4n) is 3.24. The van der Waals surface area contributed by atoms with Crippen molar-refractivity contribution in [2.45, 2.75) is 39.0 Å². The molecule has 2 N–H and O–H groups in total.